The molecule has 0 unspecified atom stereocenters. The summed E-state index contributed by atoms with van der Waals surface area (Å²) >= 11 is 1.73. The maximum absolute atomic E-state index is 5.73. The lowest BCUT2D eigenvalue weighted by Gasteiger charge is -2.19. The number of hydrogen-bond acceptors (Lipinski definition) is 4. The fourth-order valence-corrected chi connectivity index (χ4v) is 2.52. The van der Waals surface area contributed by atoms with Crippen LogP contribution in [-0.4, -0.2) is 12.0 Å². The van der Waals surface area contributed by atoms with Crippen LogP contribution in [0.1, 0.15) is 23.7 Å². The molecule has 0 bridgehead atoms. The first kappa shape index (κ1) is 13.1. The highest BCUT2D eigenvalue weighted by atomic mass is 32.1. The minimum absolute atomic E-state index is 0.564. The van der Waals surface area contributed by atoms with Gasteiger partial charge in [-0.2, -0.15) is 11.3 Å². The van der Waals surface area contributed by atoms with Gasteiger partial charge in [-0.25, -0.2) is 4.98 Å². The fraction of sp³-hybridized carbons (Fsp3) is 0.357. The highest BCUT2D eigenvalue weighted by Crippen LogP contribution is 2.17. The molecule has 2 aromatic heterocycles. The van der Waals surface area contributed by atoms with E-state index in [1.807, 2.05) is 0 Å². The predicted molar refractivity (Wildman–Crippen MR) is 77.9 cm³/mol. The zero-order valence-electron chi connectivity index (χ0n) is 10.9. The third-order valence-corrected chi connectivity index (χ3v) is 3.65. The van der Waals surface area contributed by atoms with Crippen molar-refractivity contribution < 1.29 is 0 Å². The highest BCUT2D eigenvalue weighted by molar-refractivity contribution is 7.07. The van der Waals surface area contributed by atoms with Crippen molar-refractivity contribution >= 4 is 17.2 Å². The molecule has 0 aliphatic carbocycles. The lowest BCUT2D eigenvalue weighted by atomic mass is 10.2. The zero-order chi connectivity index (χ0) is 13.0. The van der Waals surface area contributed by atoms with E-state index in [4.69, 9.17) is 5.73 Å². The van der Waals surface area contributed by atoms with Crippen LogP contribution in [0, 0.1) is 0 Å². The van der Waals surface area contributed by atoms with Gasteiger partial charge in [0.2, 0.25) is 0 Å². The quantitative estimate of drug-likeness (QED) is 0.900. The highest BCUT2D eigenvalue weighted by Gasteiger charge is 2.07. The van der Waals surface area contributed by atoms with E-state index in [2.05, 4.69) is 52.8 Å². The molecule has 96 valence electrons. The molecule has 0 radical (unpaired) electrons. The monoisotopic (exact) mass is 261 g/mol. The Labute approximate surface area is 112 Å². The van der Waals surface area contributed by atoms with E-state index in [0.717, 1.165) is 30.0 Å². The average Bonchev–Trinajstić information content (AvgIpc) is 2.90. The number of aromatic nitrogens is 1. The molecule has 0 spiro atoms. The number of thiophene rings is 1. The zero-order valence-corrected chi connectivity index (χ0v) is 11.7. The van der Waals surface area contributed by atoms with Crippen molar-refractivity contribution in [2.75, 3.05) is 11.9 Å². The molecule has 2 aromatic rings. The Morgan fingerprint density at radius 2 is 2.17 bits per heavy atom. The summed E-state index contributed by atoms with van der Waals surface area (Å²) in [6.45, 7) is 3.56. The van der Waals surface area contributed by atoms with E-state index in [-0.39, 0.29) is 0 Å². The van der Waals surface area contributed by atoms with Gasteiger partial charge in [0.05, 0.1) is 0 Å². The van der Waals surface area contributed by atoms with Crippen LogP contribution < -0.4 is 10.6 Å². The molecule has 4 heteroatoms. The van der Waals surface area contributed by atoms with Gasteiger partial charge >= 0.3 is 0 Å². The molecule has 0 aliphatic rings. The van der Waals surface area contributed by atoms with Crippen LogP contribution in [0.25, 0.3) is 0 Å². The molecule has 3 nitrogen and oxygen atoms in total. The maximum Gasteiger partial charge on any atom is 0.129 e. The van der Waals surface area contributed by atoms with Gasteiger partial charge in [0, 0.05) is 25.8 Å². The molecule has 0 atom stereocenters. The predicted octanol–water partition coefficient (Wildman–Crippen LogP) is 2.80. The summed E-state index contributed by atoms with van der Waals surface area (Å²) in [7, 11) is 2.07. The fourth-order valence-electron chi connectivity index (χ4n) is 1.87. The van der Waals surface area contributed by atoms with Crippen LogP contribution in [0.3, 0.4) is 0 Å². The number of anilines is 1. The number of aryl methyl sites for hydroxylation is 1. The van der Waals surface area contributed by atoms with Crippen molar-refractivity contribution in [3.63, 3.8) is 0 Å². The van der Waals surface area contributed by atoms with E-state index in [9.17, 15) is 0 Å². The smallest absolute Gasteiger partial charge is 0.129 e. The van der Waals surface area contributed by atoms with Gasteiger partial charge in [-0.1, -0.05) is 6.92 Å². The second-order valence-corrected chi connectivity index (χ2v) is 5.15. The molecule has 2 N–H and O–H groups in total. The summed E-state index contributed by atoms with van der Waals surface area (Å²) in [6, 6.07) is 6.31. The molecule has 0 saturated heterocycles. The van der Waals surface area contributed by atoms with Crippen LogP contribution in [-0.2, 0) is 19.5 Å². The minimum Gasteiger partial charge on any atom is -0.355 e. The maximum atomic E-state index is 5.73. The summed E-state index contributed by atoms with van der Waals surface area (Å²) in [5.74, 6) is 1.00. The molecule has 0 fully saturated rings. The van der Waals surface area contributed by atoms with E-state index < -0.39 is 0 Å². The summed E-state index contributed by atoms with van der Waals surface area (Å²) in [5.41, 5.74) is 9.30. The molecule has 0 aromatic carbocycles. The number of pyridine rings is 1. The summed E-state index contributed by atoms with van der Waals surface area (Å²) in [4.78, 5) is 6.82. The number of hydrogen-bond donors (Lipinski definition) is 1. The second kappa shape index (κ2) is 5.98. The van der Waals surface area contributed by atoms with Crippen molar-refractivity contribution in [1.29, 1.82) is 0 Å². The normalized spacial score (nSPS) is 10.6. The molecular weight excluding hydrogens is 242 g/mol. The Morgan fingerprint density at radius 3 is 2.78 bits per heavy atom. The van der Waals surface area contributed by atoms with Crippen molar-refractivity contribution in [3.8, 4) is 0 Å². The van der Waals surface area contributed by atoms with Gasteiger partial charge < -0.3 is 10.6 Å². The first-order valence-corrected chi connectivity index (χ1v) is 7.09. The van der Waals surface area contributed by atoms with Crippen LogP contribution in [0.5, 0.6) is 0 Å². The molecule has 0 aliphatic heterocycles. The molecule has 0 saturated carbocycles. The average molecular weight is 261 g/mol. The standard InChI is InChI=1S/C14H19N3S/c1-3-13-6-12(8-15)7-14(16-13)17(2)9-11-4-5-18-10-11/h4-7,10H,3,8-9,15H2,1-2H3. The molecule has 2 rings (SSSR count). The van der Waals surface area contributed by atoms with Crippen molar-refractivity contribution in [3.05, 3.63) is 45.8 Å². The van der Waals surface area contributed by atoms with Crippen molar-refractivity contribution in [2.45, 2.75) is 26.4 Å². The summed E-state index contributed by atoms with van der Waals surface area (Å²) in [5, 5.41) is 4.27. The van der Waals surface area contributed by atoms with Crippen LogP contribution in [0.2, 0.25) is 0 Å². The Hall–Kier alpha value is -1.39. The Balaban J connectivity index is 2.20. The minimum atomic E-state index is 0.564. The summed E-state index contributed by atoms with van der Waals surface area (Å²) in [6.07, 6.45) is 0.938. The molecule has 0 amide bonds. The number of rotatable bonds is 5. The second-order valence-electron chi connectivity index (χ2n) is 4.37. The van der Waals surface area contributed by atoms with E-state index >= 15 is 0 Å². The van der Waals surface area contributed by atoms with Crippen LogP contribution in [0.15, 0.2) is 29.0 Å². The number of nitrogens with zero attached hydrogens (tertiary/aromatic N) is 2. The Kier molecular flexibility index (Phi) is 4.33. The third kappa shape index (κ3) is 3.09. The van der Waals surface area contributed by atoms with E-state index in [1.165, 1.54) is 5.56 Å². The van der Waals surface area contributed by atoms with Gasteiger partial charge in [0.25, 0.3) is 0 Å². The van der Waals surface area contributed by atoms with Crippen molar-refractivity contribution in [2.24, 2.45) is 5.73 Å². The summed E-state index contributed by atoms with van der Waals surface area (Å²) < 4.78 is 0. The molecule has 2 heterocycles. The van der Waals surface area contributed by atoms with Crippen LogP contribution >= 0.6 is 11.3 Å². The van der Waals surface area contributed by atoms with Crippen LogP contribution in [0.4, 0.5) is 5.82 Å². The lowest BCUT2D eigenvalue weighted by Crippen LogP contribution is -2.18. The Bertz CT molecular complexity index is 471. The molecule has 18 heavy (non-hydrogen) atoms. The third-order valence-electron chi connectivity index (χ3n) is 2.91. The molecular formula is C14H19N3S. The largest absolute Gasteiger partial charge is 0.355 e. The van der Waals surface area contributed by atoms with E-state index in [0.29, 0.717) is 6.54 Å². The van der Waals surface area contributed by atoms with E-state index in [1.54, 1.807) is 11.3 Å². The van der Waals surface area contributed by atoms with Crippen molar-refractivity contribution in [1.82, 2.24) is 4.98 Å². The first-order chi connectivity index (χ1) is 8.72. The van der Waals surface area contributed by atoms with Gasteiger partial charge in [-0.15, -0.1) is 0 Å². The van der Waals surface area contributed by atoms with Gasteiger partial charge in [-0.3, -0.25) is 0 Å². The van der Waals surface area contributed by atoms with Gasteiger partial charge in [0.1, 0.15) is 5.82 Å². The first-order valence-electron chi connectivity index (χ1n) is 6.15. The van der Waals surface area contributed by atoms with Gasteiger partial charge in [-0.05, 0) is 46.5 Å². The SMILES string of the molecule is CCc1cc(CN)cc(N(C)Cc2ccsc2)n1. The lowest BCUT2D eigenvalue weighted by molar-refractivity contribution is 0.877. The number of nitrogens with two attached hydrogens (primary N) is 1. The Morgan fingerprint density at radius 1 is 1.33 bits per heavy atom. The topological polar surface area (TPSA) is 42.1 Å². The van der Waals surface area contributed by atoms with Gasteiger partial charge in [0.15, 0.2) is 0 Å².